The van der Waals surface area contributed by atoms with Gasteiger partial charge in [-0.2, -0.15) is 0 Å². The third-order valence-corrected chi connectivity index (χ3v) is 1.93. The maximum atomic E-state index is 4.02. The Labute approximate surface area is 71.1 Å². The van der Waals surface area contributed by atoms with Crippen LogP contribution in [0.15, 0.2) is 12.3 Å². The third kappa shape index (κ3) is 4.88. The molecular weight excluding hydrogens is 134 g/mol. The molecule has 11 heavy (non-hydrogen) atoms. The summed E-state index contributed by atoms with van der Waals surface area (Å²) in [5, 5.41) is 0. The van der Waals surface area contributed by atoms with Crippen LogP contribution in [0, 0.1) is 0 Å². The SMILES string of the molecule is C=C(CCC)N(C)CCCC. The number of hydrogen-bond acceptors (Lipinski definition) is 1. The molecular formula is C10H21N. The molecule has 0 aromatic heterocycles. The zero-order valence-electron chi connectivity index (χ0n) is 8.19. The molecule has 0 aliphatic heterocycles. The molecule has 0 heterocycles. The number of rotatable bonds is 6. The Hall–Kier alpha value is -0.460. The zero-order valence-corrected chi connectivity index (χ0v) is 8.19. The Morgan fingerprint density at radius 3 is 2.36 bits per heavy atom. The number of allylic oxidation sites excluding steroid dienone is 1. The highest BCUT2D eigenvalue weighted by Gasteiger charge is 1.98. The van der Waals surface area contributed by atoms with E-state index in [-0.39, 0.29) is 0 Å². The summed E-state index contributed by atoms with van der Waals surface area (Å²) in [7, 11) is 2.13. The van der Waals surface area contributed by atoms with Crippen LogP contribution in [0.4, 0.5) is 0 Å². The summed E-state index contributed by atoms with van der Waals surface area (Å²) in [6, 6.07) is 0. The predicted octanol–water partition coefficient (Wildman–Crippen LogP) is 3.03. The first-order valence-electron chi connectivity index (χ1n) is 4.61. The normalized spacial score (nSPS) is 9.73. The quantitative estimate of drug-likeness (QED) is 0.570. The lowest BCUT2D eigenvalue weighted by atomic mass is 10.2. The van der Waals surface area contributed by atoms with Gasteiger partial charge in [-0.3, -0.25) is 0 Å². The predicted molar refractivity (Wildman–Crippen MR) is 51.6 cm³/mol. The first-order valence-corrected chi connectivity index (χ1v) is 4.61. The van der Waals surface area contributed by atoms with Crippen molar-refractivity contribution in [3.05, 3.63) is 12.3 Å². The van der Waals surface area contributed by atoms with Crippen LogP contribution < -0.4 is 0 Å². The van der Waals surface area contributed by atoms with Crippen LogP contribution >= 0.6 is 0 Å². The highest BCUT2D eigenvalue weighted by Crippen LogP contribution is 2.07. The van der Waals surface area contributed by atoms with Crippen LogP contribution in [-0.4, -0.2) is 18.5 Å². The average molecular weight is 155 g/mol. The van der Waals surface area contributed by atoms with E-state index < -0.39 is 0 Å². The van der Waals surface area contributed by atoms with E-state index in [0.717, 1.165) is 13.0 Å². The van der Waals surface area contributed by atoms with Crippen LogP contribution in [0.5, 0.6) is 0 Å². The minimum atomic E-state index is 1.14. The van der Waals surface area contributed by atoms with E-state index in [1.807, 2.05) is 0 Å². The van der Waals surface area contributed by atoms with Crippen molar-refractivity contribution < 1.29 is 0 Å². The van der Waals surface area contributed by atoms with Gasteiger partial charge >= 0.3 is 0 Å². The Morgan fingerprint density at radius 2 is 1.91 bits per heavy atom. The van der Waals surface area contributed by atoms with Crippen molar-refractivity contribution >= 4 is 0 Å². The lowest BCUT2D eigenvalue weighted by Gasteiger charge is -2.20. The molecule has 0 spiro atoms. The second kappa shape index (κ2) is 6.26. The second-order valence-corrected chi connectivity index (χ2v) is 3.09. The van der Waals surface area contributed by atoms with E-state index in [2.05, 4.69) is 32.4 Å². The van der Waals surface area contributed by atoms with E-state index in [9.17, 15) is 0 Å². The molecule has 0 radical (unpaired) electrons. The molecule has 0 aromatic rings. The summed E-state index contributed by atoms with van der Waals surface area (Å²) in [5.74, 6) is 0. The van der Waals surface area contributed by atoms with Crippen molar-refractivity contribution in [1.29, 1.82) is 0 Å². The maximum absolute atomic E-state index is 4.02. The van der Waals surface area contributed by atoms with Gasteiger partial charge in [-0.25, -0.2) is 0 Å². The summed E-state index contributed by atoms with van der Waals surface area (Å²) in [6.07, 6.45) is 4.89. The van der Waals surface area contributed by atoms with E-state index in [1.54, 1.807) is 0 Å². The van der Waals surface area contributed by atoms with Gasteiger partial charge in [0.25, 0.3) is 0 Å². The minimum absolute atomic E-state index is 1.14. The molecule has 0 saturated carbocycles. The molecule has 0 N–H and O–H groups in total. The number of hydrogen-bond donors (Lipinski definition) is 0. The largest absolute Gasteiger partial charge is 0.378 e. The van der Waals surface area contributed by atoms with Crippen molar-refractivity contribution in [2.45, 2.75) is 39.5 Å². The van der Waals surface area contributed by atoms with Gasteiger partial charge in [0.1, 0.15) is 0 Å². The zero-order chi connectivity index (χ0) is 8.69. The molecule has 0 fully saturated rings. The lowest BCUT2D eigenvalue weighted by molar-refractivity contribution is 0.392. The van der Waals surface area contributed by atoms with Crippen LogP contribution in [-0.2, 0) is 0 Å². The highest BCUT2D eigenvalue weighted by molar-refractivity contribution is 4.91. The van der Waals surface area contributed by atoms with E-state index in [1.165, 1.54) is 25.0 Å². The molecule has 0 unspecified atom stereocenters. The number of unbranched alkanes of at least 4 members (excludes halogenated alkanes) is 1. The maximum Gasteiger partial charge on any atom is 0.0171 e. The highest BCUT2D eigenvalue weighted by atomic mass is 15.1. The van der Waals surface area contributed by atoms with Crippen molar-refractivity contribution in [2.75, 3.05) is 13.6 Å². The summed E-state index contributed by atoms with van der Waals surface area (Å²) in [4.78, 5) is 2.27. The molecule has 66 valence electrons. The van der Waals surface area contributed by atoms with Gasteiger partial charge in [0.05, 0.1) is 0 Å². The van der Waals surface area contributed by atoms with Crippen LogP contribution in [0.1, 0.15) is 39.5 Å². The monoisotopic (exact) mass is 155 g/mol. The van der Waals surface area contributed by atoms with E-state index in [0.29, 0.717) is 0 Å². The van der Waals surface area contributed by atoms with Gasteiger partial charge in [0.2, 0.25) is 0 Å². The standard InChI is InChI=1S/C10H21N/c1-5-7-9-11(4)10(3)8-6-2/h3,5-9H2,1-2,4H3. The molecule has 0 atom stereocenters. The molecule has 0 rings (SSSR count). The Balaban J connectivity index is 3.46. The van der Waals surface area contributed by atoms with Gasteiger partial charge in [0.15, 0.2) is 0 Å². The van der Waals surface area contributed by atoms with E-state index >= 15 is 0 Å². The van der Waals surface area contributed by atoms with Gasteiger partial charge < -0.3 is 4.90 Å². The fourth-order valence-corrected chi connectivity index (χ4v) is 1.03. The molecule has 0 bridgehead atoms. The topological polar surface area (TPSA) is 3.24 Å². The number of nitrogens with zero attached hydrogens (tertiary/aromatic N) is 1. The molecule has 0 aliphatic rings. The first-order chi connectivity index (χ1) is 5.22. The van der Waals surface area contributed by atoms with Crippen LogP contribution in [0.2, 0.25) is 0 Å². The van der Waals surface area contributed by atoms with Crippen molar-refractivity contribution in [1.82, 2.24) is 4.90 Å². The first kappa shape index (κ1) is 10.5. The molecule has 0 saturated heterocycles. The van der Waals surface area contributed by atoms with Crippen LogP contribution in [0.25, 0.3) is 0 Å². The van der Waals surface area contributed by atoms with Gasteiger partial charge in [-0.1, -0.05) is 33.3 Å². The van der Waals surface area contributed by atoms with Gasteiger partial charge in [0, 0.05) is 19.3 Å². The second-order valence-electron chi connectivity index (χ2n) is 3.09. The molecule has 0 aromatic carbocycles. The Bertz CT molecular complexity index is 107. The third-order valence-electron chi connectivity index (χ3n) is 1.93. The Kier molecular flexibility index (Phi) is 6.00. The van der Waals surface area contributed by atoms with Crippen molar-refractivity contribution in [3.63, 3.8) is 0 Å². The molecule has 1 nitrogen and oxygen atoms in total. The van der Waals surface area contributed by atoms with Crippen LogP contribution in [0.3, 0.4) is 0 Å². The minimum Gasteiger partial charge on any atom is -0.378 e. The average Bonchev–Trinajstić information content (AvgIpc) is 2.00. The summed E-state index contributed by atoms with van der Waals surface area (Å²) < 4.78 is 0. The summed E-state index contributed by atoms with van der Waals surface area (Å²) in [6.45, 7) is 9.60. The van der Waals surface area contributed by atoms with Crippen molar-refractivity contribution in [2.24, 2.45) is 0 Å². The summed E-state index contributed by atoms with van der Waals surface area (Å²) >= 11 is 0. The fourth-order valence-electron chi connectivity index (χ4n) is 1.03. The fraction of sp³-hybridized carbons (Fsp3) is 0.800. The van der Waals surface area contributed by atoms with Gasteiger partial charge in [-0.15, -0.1) is 0 Å². The van der Waals surface area contributed by atoms with E-state index in [4.69, 9.17) is 0 Å². The van der Waals surface area contributed by atoms with Crippen molar-refractivity contribution in [3.8, 4) is 0 Å². The lowest BCUT2D eigenvalue weighted by Crippen LogP contribution is -2.17. The Morgan fingerprint density at radius 1 is 1.27 bits per heavy atom. The molecule has 1 heteroatoms. The molecule has 0 amide bonds. The molecule has 0 aliphatic carbocycles. The smallest absolute Gasteiger partial charge is 0.0171 e. The summed E-state index contributed by atoms with van der Waals surface area (Å²) in [5.41, 5.74) is 1.28. The van der Waals surface area contributed by atoms with Gasteiger partial charge in [-0.05, 0) is 12.8 Å².